The molecule has 0 unspecified atom stereocenters. The fraction of sp³-hybridized carbons (Fsp3) is 0.200. The van der Waals surface area contributed by atoms with Gasteiger partial charge in [0, 0.05) is 15.7 Å². The van der Waals surface area contributed by atoms with Gasteiger partial charge in [0.1, 0.15) is 11.2 Å². The van der Waals surface area contributed by atoms with Gasteiger partial charge in [-0.05, 0) is 46.8 Å². The fourth-order valence-electron chi connectivity index (χ4n) is 2.24. The van der Waals surface area contributed by atoms with Crippen molar-refractivity contribution in [3.05, 3.63) is 40.9 Å². The minimum atomic E-state index is -0.799. The second kappa shape index (κ2) is 4.04. The van der Waals surface area contributed by atoms with E-state index in [0.29, 0.717) is 0 Å². The molecule has 0 spiro atoms. The summed E-state index contributed by atoms with van der Waals surface area (Å²) < 4.78 is 7.13. The SMILES string of the molecule is CS(C)(C)c1cccc2c1oc1c(Br)cccc12. The van der Waals surface area contributed by atoms with E-state index in [0.717, 1.165) is 15.6 Å². The van der Waals surface area contributed by atoms with Crippen LogP contribution in [0.5, 0.6) is 0 Å². The largest absolute Gasteiger partial charge is 0.454 e. The van der Waals surface area contributed by atoms with Crippen LogP contribution in [0.25, 0.3) is 21.9 Å². The summed E-state index contributed by atoms with van der Waals surface area (Å²) in [4.78, 5) is 1.34. The molecule has 0 atom stereocenters. The van der Waals surface area contributed by atoms with E-state index in [2.05, 4.69) is 65.0 Å². The highest BCUT2D eigenvalue weighted by Crippen LogP contribution is 2.50. The first-order valence-electron chi connectivity index (χ1n) is 5.76. The van der Waals surface area contributed by atoms with Gasteiger partial charge in [-0.25, -0.2) is 10.0 Å². The average Bonchev–Trinajstić information content (AvgIpc) is 2.68. The zero-order valence-electron chi connectivity index (χ0n) is 10.7. The van der Waals surface area contributed by atoms with Crippen LogP contribution >= 0.6 is 26.0 Å². The predicted molar refractivity (Wildman–Crippen MR) is 85.0 cm³/mol. The van der Waals surface area contributed by atoms with Gasteiger partial charge in [0.15, 0.2) is 0 Å². The van der Waals surface area contributed by atoms with Gasteiger partial charge in [-0.15, -0.1) is 0 Å². The summed E-state index contributed by atoms with van der Waals surface area (Å²) >= 11 is 3.56. The minimum Gasteiger partial charge on any atom is -0.454 e. The topological polar surface area (TPSA) is 13.1 Å². The third-order valence-corrected chi connectivity index (χ3v) is 5.37. The lowest BCUT2D eigenvalue weighted by atomic mass is 10.1. The molecule has 3 rings (SSSR count). The number of hydrogen-bond donors (Lipinski definition) is 0. The van der Waals surface area contributed by atoms with E-state index >= 15 is 0 Å². The van der Waals surface area contributed by atoms with Gasteiger partial charge in [0.2, 0.25) is 0 Å². The van der Waals surface area contributed by atoms with E-state index < -0.39 is 10.0 Å². The number of rotatable bonds is 1. The van der Waals surface area contributed by atoms with Crippen molar-refractivity contribution >= 4 is 47.9 Å². The van der Waals surface area contributed by atoms with Gasteiger partial charge in [-0.1, -0.05) is 24.3 Å². The molecule has 3 heteroatoms. The van der Waals surface area contributed by atoms with Crippen molar-refractivity contribution in [2.45, 2.75) is 4.90 Å². The smallest absolute Gasteiger partial charge is 0.149 e. The van der Waals surface area contributed by atoms with Crippen LogP contribution in [-0.2, 0) is 0 Å². The standard InChI is InChI=1S/C15H15BrOS/c1-18(2,3)13-9-5-7-11-10-6-4-8-12(16)14(10)17-15(11)13/h4-9H,1-3H3. The summed E-state index contributed by atoms with van der Waals surface area (Å²) in [5, 5.41) is 2.40. The lowest BCUT2D eigenvalue weighted by Gasteiger charge is -2.25. The van der Waals surface area contributed by atoms with Crippen molar-refractivity contribution in [2.75, 3.05) is 18.8 Å². The van der Waals surface area contributed by atoms with Crippen molar-refractivity contribution in [1.29, 1.82) is 0 Å². The van der Waals surface area contributed by atoms with E-state index in [4.69, 9.17) is 4.42 Å². The van der Waals surface area contributed by atoms with Gasteiger partial charge < -0.3 is 4.42 Å². The average molecular weight is 323 g/mol. The Balaban J connectivity index is 2.50. The molecule has 0 aliphatic heterocycles. The highest BCUT2D eigenvalue weighted by atomic mass is 79.9. The normalized spacial score (nSPS) is 13.3. The maximum Gasteiger partial charge on any atom is 0.149 e. The number of benzene rings is 2. The van der Waals surface area contributed by atoms with Crippen molar-refractivity contribution < 1.29 is 4.42 Å². The summed E-state index contributed by atoms with van der Waals surface area (Å²) in [5.74, 6) is 0. The summed E-state index contributed by atoms with van der Waals surface area (Å²) in [6.45, 7) is 0. The van der Waals surface area contributed by atoms with Gasteiger partial charge in [-0.2, -0.15) is 0 Å². The zero-order chi connectivity index (χ0) is 12.9. The zero-order valence-corrected chi connectivity index (χ0v) is 13.1. The first kappa shape index (κ1) is 12.1. The molecule has 1 aromatic heterocycles. The van der Waals surface area contributed by atoms with Crippen LogP contribution in [0, 0.1) is 0 Å². The second-order valence-electron chi connectivity index (χ2n) is 5.19. The molecule has 0 saturated carbocycles. The Bertz CT molecular complexity index is 737. The Hall–Kier alpha value is -0.930. The van der Waals surface area contributed by atoms with E-state index in [1.54, 1.807) is 0 Å². The Kier molecular flexibility index (Phi) is 2.72. The van der Waals surface area contributed by atoms with Crippen LogP contribution < -0.4 is 0 Å². The number of fused-ring (bicyclic) bond motifs is 3. The summed E-state index contributed by atoms with van der Waals surface area (Å²) in [6.07, 6.45) is 6.89. The Morgan fingerprint density at radius 3 is 2.17 bits per heavy atom. The number of para-hydroxylation sites is 2. The first-order valence-corrected chi connectivity index (χ1v) is 9.41. The molecular weight excluding hydrogens is 308 g/mol. The van der Waals surface area contributed by atoms with Crippen molar-refractivity contribution in [2.24, 2.45) is 0 Å². The minimum absolute atomic E-state index is 0.799. The third kappa shape index (κ3) is 1.77. The number of halogens is 1. The molecule has 1 heterocycles. The molecule has 3 aromatic rings. The lowest BCUT2D eigenvalue weighted by molar-refractivity contribution is 0.658. The third-order valence-electron chi connectivity index (χ3n) is 3.10. The Morgan fingerprint density at radius 2 is 1.50 bits per heavy atom. The van der Waals surface area contributed by atoms with Crippen LogP contribution in [0.3, 0.4) is 0 Å². The van der Waals surface area contributed by atoms with E-state index in [1.807, 2.05) is 6.07 Å². The molecule has 0 aliphatic rings. The van der Waals surface area contributed by atoms with E-state index in [-0.39, 0.29) is 0 Å². The maximum atomic E-state index is 6.11. The molecule has 0 aliphatic carbocycles. The highest BCUT2D eigenvalue weighted by Gasteiger charge is 2.17. The van der Waals surface area contributed by atoms with Crippen LogP contribution in [0.4, 0.5) is 0 Å². The molecule has 1 nitrogen and oxygen atoms in total. The molecule has 0 radical (unpaired) electrons. The molecule has 0 saturated heterocycles. The molecular formula is C15H15BrOS. The highest BCUT2D eigenvalue weighted by molar-refractivity contribution is 9.10. The van der Waals surface area contributed by atoms with Gasteiger partial charge in [0.25, 0.3) is 0 Å². The molecule has 0 bridgehead atoms. The molecule has 94 valence electrons. The van der Waals surface area contributed by atoms with Crippen LogP contribution in [0.2, 0.25) is 0 Å². The molecule has 0 amide bonds. The summed E-state index contributed by atoms with van der Waals surface area (Å²) in [7, 11) is -0.799. The van der Waals surface area contributed by atoms with Gasteiger partial charge in [0.05, 0.1) is 4.47 Å². The van der Waals surface area contributed by atoms with Crippen LogP contribution in [-0.4, -0.2) is 18.8 Å². The van der Waals surface area contributed by atoms with Gasteiger partial charge in [-0.3, -0.25) is 0 Å². The second-order valence-corrected chi connectivity index (χ2v) is 10.2. The van der Waals surface area contributed by atoms with Crippen molar-refractivity contribution in [3.8, 4) is 0 Å². The predicted octanol–water partition coefficient (Wildman–Crippen LogP) is 5.40. The molecule has 18 heavy (non-hydrogen) atoms. The quantitative estimate of drug-likeness (QED) is 0.584. The molecule has 2 aromatic carbocycles. The Labute approximate surface area is 117 Å². The van der Waals surface area contributed by atoms with Crippen molar-refractivity contribution in [3.63, 3.8) is 0 Å². The van der Waals surface area contributed by atoms with Gasteiger partial charge >= 0.3 is 0 Å². The van der Waals surface area contributed by atoms with Crippen LogP contribution in [0.15, 0.2) is 50.2 Å². The lowest BCUT2D eigenvalue weighted by Crippen LogP contribution is -1.92. The first-order chi connectivity index (χ1) is 8.48. The summed E-state index contributed by atoms with van der Waals surface area (Å²) in [5.41, 5.74) is 1.99. The monoisotopic (exact) mass is 322 g/mol. The fourth-order valence-corrected chi connectivity index (χ4v) is 3.88. The summed E-state index contributed by atoms with van der Waals surface area (Å²) in [6, 6.07) is 12.7. The van der Waals surface area contributed by atoms with E-state index in [1.165, 1.54) is 15.7 Å². The maximum absolute atomic E-state index is 6.11. The molecule has 0 N–H and O–H groups in total. The van der Waals surface area contributed by atoms with Crippen molar-refractivity contribution in [1.82, 2.24) is 0 Å². The number of furan rings is 1. The van der Waals surface area contributed by atoms with Crippen LogP contribution in [0.1, 0.15) is 0 Å². The number of hydrogen-bond acceptors (Lipinski definition) is 1. The Morgan fingerprint density at radius 1 is 0.889 bits per heavy atom. The van der Waals surface area contributed by atoms with E-state index in [9.17, 15) is 0 Å². The molecule has 0 fully saturated rings.